The highest BCUT2D eigenvalue weighted by molar-refractivity contribution is 7.80. The van der Waals surface area contributed by atoms with Crippen molar-refractivity contribution in [3.63, 3.8) is 0 Å². The number of furan rings is 1. The SMILES string of the molecule is O=C(NNC(=S)NCc1ccco1)c1ccc2c(c1)OCO2. The third-order valence-electron chi connectivity index (χ3n) is 2.93. The average Bonchev–Trinajstić information content (AvgIpc) is 3.20. The van der Waals surface area contributed by atoms with E-state index >= 15 is 0 Å². The van der Waals surface area contributed by atoms with Gasteiger partial charge in [0.2, 0.25) is 6.79 Å². The highest BCUT2D eigenvalue weighted by atomic mass is 32.1. The van der Waals surface area contributed by atoms with Gasteiger partial charge in [0.15, 0.2) is 16.6 Å². The average molecular weight is 319 g/mol. The van der Waals surface area contributed by atoms with Gasteiger partial charge in [0.25, 0.3) is 5.91 Å². The smallest absolute Gasteiger partial charge is 0.269 e. The molecule has 2 heterocycles. The van der Waals surface area contributed by atoms with Gasteiger partial charge in [0.05, 0.1) is 12.8 Å². The first-order chi connectivity index (χ1) is 10.7. The maximum Gasteiger partial charge on any atom is 0.269 e. The standard InChI is InChI=1S/C14H13N3O4S/c18-13(9-3-4-11-12(6-9)21-8-20-11)16-17-14(22)15-7-10-2-1-5-19-10/h1-6H,7-8H2,(H,16,18)(H2,15,17,22). The predicted molar refractivity (Wildman–Crippen MR) is 81.3 cm³/mol. The number of hydrogen-bond acceptors (Lipinski definition) is 5. The molecule has 3 N–H and O–H groups in total. The van der Waals surface area contributed by atoms with Crippen LogP contribution in [0, 0.1) is 0 Å². The van der Waals surface area contributed by atoms with Crippen molar-refractivity contribution in [2.45, 2.75) is 6.54 Å². The summed E-state index contributed by atoms with van der Waals surface area (Å²) in [4.78, 5) is 12.0. The topological polar surface area (TPSA) is 84.8 Å². The summed E-state index contributed by atoms with van der Waals surface area (Å²) in [7, 11) is 0. The summed E-state index contributed by atoms with van der Waals surface area (Å²) in [6.45, 7) is 0.595. The minimum Gasteiger partial charge on any atom is -0.467 e. The molecule has 7 nitrogen and oxygen atoms in total. The van der Waals surface area contributed by atoms with Gasteiger partial charge in [0.1, 0.15) is 5.76 Å². The molecule has 0 atom stereocenters. The Morgan fingerprint density at radius 2 is 2.05 bits per heavy atom. The molecule has 0 saturated carbocycles. The maximum absolute atomic E-state index is 12.0. The zero-order chi connectivity index (χ0) is 15.4. The van der Waals surface area contributed by atoms with Crippen LogP contribution in [0.1, 0.15) is 16.1 Å². The van der Waals surface area contributed by atoms with Gasteiger partial charge >= 0.3 is 0 Å². The van der Waals surface area contributed by atoms with E-state index in [1.54, 1.807) is 30.5 Å². The zero-order valence-electron chi connectivity index (χ0n) is 11.4. The Kier molecular flexibility index (Phi) is 4.10. The van der Waals surface area contributed by atoms with Gasteiger partial charge in [-0.05, 0) is 42.5 Å². The summed E-state index contributed by atoms with van der Waals surface area (Å²) in [5.74, 6) is 1.58. The normalized spacial score (nSPS) is 11.8. The number of ether oxygens (including phenoxy) is 2. The van der Waals surface area contributed by atoms with Crippen molar-refractivity contribution in [3.8, 4) is 11.5 Å². The molecule has 22 heavy (non-hydrogen) atoms. The fourth-order valence-electron chi connectivity index (χ4n) is 1.85. The molecule has 2 aromatic rings. The van der Waals surface area contributed by atoms with Crippen LogP contribution in [0.4, 0.5) is 0 Å². The first-order valence-corrected chi connectivity index (χ1v) is 6.89. The fraction of sp³-hybridized carbons (Fsp3) is 0.143. The summed E-state index contributed by atoms with van der Waals surface area (Å²) in [5.41, 5.74) is 5.55. The van der Waals surface area contributed by atoms with Crippen LogP contribution in [0.5, 0.6) is 11.5 Å². The lowest BCUT2D eigenvalue weighted by atomic mass is 10.2. The zero-order valence-corrected chi connectivity index (χ0v) is 12.2. The fourth-order valence-corrected chi connectivity index (χ4v) is 1.97. The Labute approximate surface area is 131 Å². The summed E-state index contributed by atoms with van der Waals surface area (Å²) >= 11 is 5.05. The lowest BCUT2D eigenvalue weighted by molar-refractivity contribution is 0.0943. The largest absolute Gasteiger partial charge is 0.467 e. The van der Waals surface area contributed by atoms with E-state index in [9.17, 15) is 4.79 Å². The molecule has 0 unspecified atom stereocenters. The number of fused-ring (bicyclic) bond motifs is 1. The molecule has 0 bridgehead atoms. The Morgan fingerprint density at radius 3 is 2.86 bits per heavy atom. The van der Waals surface area contributed by atoms with Crippen molar-refractivity contribution >= 4 is 23.2 Å². The minimum atomic E-state index is -0.333. The number of rotatable bonds is 3. The summed E-state index contributed by atoms with van der Waals surface area (Å²) in [6, 6.07) is 8.54. The Balaban J connectivity index is 1.48. The second-order valence-corrected chi connectivity index (χ2v) is 4.82. The van der Waals surface area contributed by atoms with Crippen LogP contribution in [0.15, 0.2) is 41.0 Å². The van der Waals surface area contributed by atoms with E-state index in [1.807, 2.05) is 6.07 Å². The maximum atomic E-state index is 12.0. The first-order valence-electron chi connectivity index (χ1n) is 6.48. The van der Waals surface area contributed by atoms with Gasteiger partial charge in [-0.1, -0.05) is 0 Å². The molecule has 1 aromatic heterocycles. The van der Waals surface area contributed by atoms with Crippen LogP contribution in [0.25, 0.3) is 0 Å². The molecule has 1 aromatic carbocycles. The van der Waals surface area contributed by atoms with Crippen molar-refractivity contribution < 1.29 is 18.7 Å². The number of carbonyl (C=O) groups is 1. The third-order valence-corrected chi connectivity index (χ3v) is 3.17. The number of amides is 1. The van der Waals surface area contributed by atoms with Crippen LogP contribution < -0.4 is 25.6 Å². The van der Waals surface area contributed by atoms with E-state index in [1.165, 1.54) is 0 Å². The highest BCUT2D eigenvalue weighted by Crippen LogP contribution is 2.32. The Bertz CT molecular complexity index is 687. The van der Waals surface area contributed by atoms with E-state index in [-0.39, 0.29) is 17.8 Å². The van der Waals surface area contributed by atoms with Crippen LogP contribution in [0.2, 0.25) is 0 Å². The molecular weight excluding hydrogens is 306 g/mol. The van der Waals surface area contributed by atoms with Crippen molar-refractivity contribution in [3.05, 3.63) is 47.9 Å². The molecule has 0 aliphatic carbocycles. The Morgan fingerprint density at radius 1 is 1.18 bits per heavy atom. The van der Waals surface area contributed by atoms with Crippen LogP contribution >= 0.6 is 12.2 Å². The van der Waals surface area contributed by atoms with Gasteiger partial charge in [0, 0.05) is 5.56 Å². The number of carbonyl (C=O) groups excluding carboxylic acids is 1. The monoisotopic (exact) mass is 319 g/mol. The molecule has 0 saturated heterocycles. The molecule has 0 spiro atoms. The first kappa shape index (κ1) is 14.2. The summed E-state index contributed by atoms with van der Waals surface area (Å²) in [6.07, 6.45) is 1.58. The number of hydrazine groups is 1. The van der Waals surface area contributed by atoms with Crippen LogP contribution in [0.3, 0.4) is 0 Å². The van der Waals surface area contributed by atoms with E-state index in [0.717, 1.165) is 5.76 Å². The Hall–Kier alpha value is -2.74. The van der Waals surface area contributed by atoms with Gasteiger partial charge in [-0.25, -0.2) is 0 Å². The molecular formula is C14H13N3O4S. The van der Waals surface area contributed by atoms with Crippen LogP contribution in [-0.2, 0) is 6.54 Å². The molecule has 1 aliphatic heterocycles. The van der Waals surface area contributed by atoms with Crippen molar-refractivity contribution in [2.24, 2.45) is 0 Å². The van der Waals surface area contributed by atoms with E-state index < -0.39 is 0 Å². The number of nitrogens with one attached hydrogen (secondary N) is 3. The number of thiocarbonyl (C=S) groups is 1. The van der Waals surface area contributed by atoms with Gasteiger partial charge in [-0.2, -0.15) is 0 Å². The van der Waals surface area contributed by atoms with Crippen molar-refractivity contribution in [2.75, 3.05) is 6.79 Å². The van der Waals surface area contributed by atoms with Crippen LogP contribution in [-0.4, -0.2) is 17.8 Å². The lowest BCUT2D eigenvalue weighted by Gasteiger charge is -2.11. The number of benzene rings is 1. The minimum absolute atomic E-state index is 0.166. The molecule has 3 rings (SSSR count). The third kappa shape index (κ3) is 3.29. The second kappa shape index (κ2) is 6.35. The summed E-state index contributed by atoms with van der Waals surface area (Å²) < 4.78 is 15.6. The lowest BCUT2D eigenvalue weighted by Crippen LogP contribution is -2.46. The molecule has 0 radical (unpaired) electrons. The van der Waals surface area contributed by atoms with Gasteiger partial charge in [-0.15, -0.1) is 0 Å². The van der Waals surface area contributed by atoms with Gasteiger partial charge in [-0.3, -0.25) is 15.6 Å². The predicted octanol–water partition coefficient (Wildman–Crippen LogP) is 1.32. The van der Waals surface area contributed by atoms with Gasteiger partial charge < -0.3 is 19.2 Å². The molecule has 114 valence electrons. The highest BCUT2D eigenvalue weighted by Gasteiger charge is 2.16. The number of hydrogen-bond donors (Lipinski definition) is 3. The van der Waals surface area contributed by atoms with Crippen molar-refractivity contribution in [1.29, 1.82) is 0 Å². The van der Waals surface area contributed by atoms with Crippen molar-refractivity contribution in [1.82, 2.24) is 16.2 Å². The quantitative estimate of drug-likeness (QED) is 0.581. The molecule has 1 aliphatic rings. The molecule has 8 heteroatoms. The van der Waals surface area contributed by atoms with E-state index in [2.05, 4.69) is 16.2 Å². The van der Waals surface area contributed by atoms with E-state index in [4.69, 9.17) is 26.1 Å². The van der Waals surface area contributed by atoms with E-state index in [0.29, 0.717) is 23.6 Å². The summed E-state index contributed by atoms with van der Waals surface area (Å²) in [5, 5.41) is 3.18. The second-order valence-electron chi connectivity index (χ2n) is 4.41. The molecule has 0 fully saturated rings. The molecule has 1 amide bonds.